The van der Waals surface area contributed by atoms with Crippen LogP contribution in [0.2, 0.25) is 19.6 Å². The summed E-state index contributed by atoms with van der Waals surface area (Å²) in [7, 11) is -1.34. The molecule has 44 heavy (non-hydrogen) atoms. The molecule has 0 aliphatic heterocycles. The first-order chi connectivity index (χ1) is 22.0. The first kappa shape index (κ1) is 28.1. The van der Waals surface area contributed by atoms with E-state index in [1.807, 2.05) is 50.2 Å². The van der Waals surface area contributed by atoms with Gasteiger partial charge in [-0.3, -0.25) is 0 Å². The maximum absolute atomic E-state index is 8.24. The van der Waals surface area contributed by atoms with E-state index in [1.165, 1.54) is 16.8 Å². The van der Waals surface area contributed by atoms with Gasteiger partial charge in [0.15, 0.2) is 0 Å². The Kier molecular flexibility index (Phi) is 9.00. The molecule has 4 heterocycles. The van der Waals surface area contributed by atoms with Crippen molar-refractivity contribution in [3.05, 3.63) is 108 Å². The van der Waals surface area contributed by atoms with Crippen molar-refractivity contribution in [2.45, 2.75) is 66.5 Å². The van der Waals surface area contributed by atoms with Crippen LogP contribution in [0.5, 0.6) is 0 Å². The predicted molar refractivity (Wildman–Crippen MR) is 182 cm³/mol. The van der Waals surface area contributed by atoms with Crippen molar-refractivity contribution in [2.24, 2.45) is 5.92 Å². The van der Waals surface area contributed by atoms with Crippen LogP contribution in [0.4, 0.5) is 0 Å². The Balaban J connectivity index is 0.000000222. The second kappa shape index (κ2) is 14.1. The predicted octanol–water partition coefficient (Wildman–Crippen LogP) is 9.56. The van der Waals surface area contributed by atoms with E-state index in [9.17, 15) is 0 Å². The standard InChI is InChI=1S/C20H17N2O.C18H24NSi.Ir/c1-12(2)14-9-10-21-18(11-14)17-6-4-5-15-16-8-7-13(3)22-20(16)23-19(15)17;1-14(2)11-16-12-17(15-9-7-6-8-10-15)19-13-18(16)20(3,4)5;/h4-5,7-12H,1-3H3;6-9,12-14H,11H2,1-5H3;/q2*-1;/i3D3,12D;;. The van der Waals surface area contributed by atoms with E-state index in [0.717, 1.165) is 34.0 Å². The second-order valence-electron chi connectivity index (χ2n) is 12.5. The molecular weight excluding hydrogens is 735 g/mol. The van der Waals surface area contributed by atoms with Crippen molar-refractivity contribution in [3.8, 4) is 22.5 Å². The van der Waals surface area contributed by atoms with Crippen LogP contribution in [-0.2, 0) is 26.5 Å². The molecule has 0 saturated carbocycles. The van der Waals surface area contributed by atoms with Gasteiger partial charge in [0, 0.05) is 49.1 Å². The molecule has 6 aromatic rings. The average molecular weight is 780 g/mol. The molecule has 6 heteroatoms. The number of fused-ring (bicyclic) bond motifs is 3. The maximum Gasteiger partial charge on any atom is 0.216 e. The Hall–Kier alpha value is -3.44. The molecular formula is C38H41IrN3OSi-2. The second-order valence-corrected chi connectivity index (χ2v) is 17.6. The number of hydrogen-bond donors (Lipinski definition) is 0. The molecule has 0 aliphatic rings. The minimum atomic E-state index is -2.29. The number of rotatable bonds is 6. The summed E-state index contributed by atoms with van der Waals surface area (Å²) in [5, 5.41) is 3.05. The van der Waals surface area contributed by atoms with E-state index < -0.39 is 20.8 Å². The van der Waals surface area contributed by atoms with Crippen LogP contribution in [0.25, 0.3) is 44.6 Å². The van der Waals surface area contributed by atoms with Gasteiger partial charge in [0.1, 0.15) is 0 Å². The molecule has 0 bridgehead atoms. The van der Waals surface area contributed by atoms with Crippen molar-refractivity contribution in [1.82, 2.24) is 15.0 Å². The Labute approximate surface area is 282 Å². The van der Waals surface area contributed by atoms with Gasteiger partial charge in [-0.2, -0.15) is 0 Å². The van der Waals surface area contributed by atoms with Gasteiger partial charge in [0.25, 0.3) is 0 Å². The summed E-state index contributed by atoms with van der Waals surface area (Å²) in [6.07, 6.45) is 4.91. The van der Waals surface area contributed by atoms with E-state index >= 15 is 0 Å². The van der Waals surface area contributed by atoms with Gasteiger partial charge in [0.2, 0.25) is 5.71 Å². The summed E-state index contributed by atoms with van der Waals surface area (Å²) >= 11 is 0. The van der Waals surface area contributed by atoms with Crippen LogP contribution in [0.15, 0.2) is 83.5 Å². The van der Waals surface area contributed by atoms with E-state index in [0.29, 0.717) is 22.8 Å². The molecule has 1 radical (unpaired) electrons. The van der Waals surface area contributed by atoms with Gasteiger partial charge in [-0.15, -0.1) is 54.1 Å². The Morgan fingerprint density at radius 3 is 2.41 bits per heavy atom. The Morgan fingerprint density at radius 2 is 1.73 bits per heavy atom. The number of hydrogen-bond acceptors (Lipinski definition) is 4. The molecule has 6 rings (SSSR count). The number of aromatic nitrogens is 3. The third-order valence-corrected chi connectivity index (χ3v) is 9.37. The molecule has 2 aromatic carbocycles. The first-order valence-electron chi connectivity index (χ1n) is 16.7. The van der Waals surface area contributed by atoms with Gasteiger partial charge < -0.3 is 14.4 Å². The smallest absolute Gasteiger partial charge is 0.216 e. The van der Waals surface area contributed by atoms with E-state index in [4.69, 9.17) is 9.90 Å². The fraction of sp³-hybridized carbons (Fsp3) is 0.289. The summed E-state index contributed by atoms with van der Waals surface area (Å²) in [4.78, 5) is 13.3. The van der Waals surface area contributed by atoms with Crippen LogP contribution in [-0.4, -0.2) is 23.0 Å². The SMILES string of the molecule is CC(C)Cc1cc(-c2[c-]cccc2)ncc1[Si](C)(C)C.[2H]C([2H])([2H])c1ccc2c(n1)oc1c(-c3cc(C([2H])(C)C)ccn3)[c-]ccc12.[Ir]. The van der Waals surface area contributed by atoms with Gasteiger partial charge in [-0.1, -0.05) is 81.5 Å². The fourth-order valence-electron chi connectivity index (χ4n) is 5.17. The van der Waals surface area contributed by atoms with E-state index in [2.05, 4.69) is 78.9 Å². The summed E-state index contributed by atoms with van der Waals surface area (Å²) in [6, 6.07) is 27.3. The minimum absolute atomic E-state index is 0. The van der Waals surface area contributed by atoms with Crippen molar-refractivity contribution < 1.29 is 30.0 Å². The number of nitrogens with zero attached hydrogens (tertiary/aromatic N) is 3. The normalized spacial score (nSPS) is 13.4. The maximum atomic E-state index is 8.24. The van der Waals surface area contributed by atoms with Crippen molar-refractivity contribution >= 4 is 35.3 Å². The Morgan fingerprint density at radius 1 is 0.909 bits per heavy atom. The number of benzene rings is 2. The molecule has 229 valence electrons. The third kappa shape index (κ3) is 7.61. The largest absolute Gasteiger partial charge is 0.486 e. The molecule has 4 aromatic heterocycles. The monoisotopic (exact) mass is 780 g/mol. The van der Waals surface area contributed by atoms with Crippen LogP contribution < -0.4 is 5.19 Å². The molecule has 0 fully saturated rings. The van der Waals surface area contributed by atoms with E-state index in [-0.39, 0.29) is 31.5 Å². The molecule has 4 nitrogen and oxygen atoms in total. The topological polar surface area (TPSA) is 51.8 Å². The number of pyridine rings is 3. The quantitative estimate of drug-likeness (QED) is 0.125. The zero-order valence-corrected chi connectivity index (χ0v) is 29.8. The van der Waals surface area contributed by atoms with Crippen LogP contribution >= 0.6 is 0 Å². The summed E-state index contributed by atoms with van der Waals surface area (Å²) in [5.74, 6) is -0.0876. The first-order valence-corrected chi connectivity index (χ1v) is 18.2. The molecule has 0 N–H and O–H groups in total. The summed E-state index contributed by atoms with van der Waals surface area (Å²) in [6.45, 7) is 13.1. The number of aryl methyl sites for hydroxylation is 1. The van der Waals surface area contributed by atoms with Gasteiger partial charge in [-0.25, -0.2) is 4.98 Å². The zero-order valence-electron chi connectivity index (χ0n) is 30.4. The van der Waals surface area contributed by atoms with Gasteiger partial charge in [-0.05, 0) is 59.9 Å². The molecule has 0 aliphatic carbocycles. The molecule has 0 spiro atoms. The summed E-state index contributed by atoms with van der Waals surface area (Å²) < 4.78 is 36.8. The number of furan rings is 1. The van der Waals surface area contributed by atoms with Gasteiger partial charge in [0.05, 0.1) is 13.7 Å². The molecule has 0 saturated heterocycles. The molecule has 0 atom stereocenters. The average Bonchev–Trinajstić information content (AvgIpc) is 3.38. The Bertz CT molecular complexity index is 2010. The fourth-order valence-corrected chi connectivity index (χ4v) is 6.76. The third-order valence-electron chi connectivity index (χ3n) is 7.30. The van der Waals surface area contributed by atoms with E-state index in [1.54, 1.807) is 18.3 Å². The summed E-state index contributed by atoms with van der Waals surface area (Å²) in [5.41, 5.74) is 6.56. The minimum Gasteiger partial charge on any atom is -0.486 e. The van der Waals surface area contributed by atoms with Crippen molar-refractivity contribution in [1.29, 1.82) is 0 Å². The van der Waals surface area contributed by atoms with Gasteiger partial charge >= 0.3 is 0 Å². The van der Waals surface area contributed by atoms with Crippen LogP contribution in [0.3, 0.4) is 0 Å². The van der Waals surface area contributed by atoms with Crippen molar-refractivity contribution in [3.63, 3.8) is 0 Å². The zero-order chi connectivity index (χ0) is 34.1. The van der Waals surface area contributed by atoms with Crippen molar-refractivity contribution in [2.75, 3.05) is 0 Å². The molecule has 0 unspecified atom stereocenters. The van der Waals surface area contributed by atoms with Crippen LogP contribution in [0, 0.1) is 24.9 Å². The van der Waals surface area contributed by atoms with Crippen LogP contribution in [0.1, 0.15) is 55.9 Å². The molecule has 0 amide bonds.